The van der Waals surface area contributed by atoms with E-state index >= 15 is 0 Å². The fraction of sp³-hybridized carbons (Fsp3) is 0.462. The van der Waals surface area contributed by atoms with Crippen LogP contribution in [0.15, 0.2) is 24.3 Å². The van der Waals surface area contributed by atoms with Crippen molar-refractivity contribution in [3.8, 4) is 5.75 Å². The molecule has 5 nitrogen and oxygen atoms in total. The largest absolute Gasteiger partial charge is 0.487 e. The summed E-state index contributed by atoms with van der Waals surface area (Å²) in [7, 11) is 2.03. The van der Waals surface area contributed by atoms with Crippen LogP contribution >= 0.6 is 0 Å². The lowest BCUT2D eigenvalue weighted by molar-refractivity contribution is -0.138. The molecule has 3 N–H and O–H groups in total. The highest BCUT2D eigenvalue weighted by Crippen LogP contribution is 2.23. The summed E-state index contributed by atoms with van der Waals surface area (Å²) in [6.07, 6.45) is 0.478. The monoisotopic (exact) mass is 250 g/mol. The summed E-state index contributed by atoms with van der Waals surface area (Å²) in [5, 5.41) is 8.84. The fourth-order valence-corrected chi connectivity index (χ4v) is 2.01. The van der Waals surface area contributed by atoms with Gasteiger partial charge in [0, 0.05) is 19.5 Å². The summed E-state index contributed by atoms with van der Waals surface area (Å²) in [4.78, 5) is 12.9. The van der Waals surface area contributed by atoms with Gasteiger partial charge in [0.2, 0.25) is 0 Å². The number of nitrogens with zero attached hydrogens (tertiary/aromatic N) is 1. The molecule has 0 spiro atoms. The number of hydrogen-bond donors (Lipinski definition) is 2. The topological polar surface area (TPSA) is 75.8 Å². The van der Waals surface area contributed by atoms with E-state index in [0.29, 0.717) is 0 Å². The van der Waals surface area contributed by atoms with Crippen molar-refractivity contribution in [3.05, 3.63) is 29.8 Å². The predicted octanol–water partition coefficient (Wildman–Crippen LogP) is 0.334. The number of benzene rings is 1. The molecule has 5 heteroatoms. The first-order valence-electron chi connectivity index (χ1n) is 5.97. The van der Waals surface area contributed by atoms with Gasteiger partial charge in [-0.1, -0.05) is 18.2 Å². The molecule has 1 aromatic carbocycles. The molecule has 1 aliphatic heterocycles. The van der Waals surface area contributed by atoms with Crippen LogP contribution in [0.4, 0.5) is 0 Å². The molecule has 1 fully saturated rings. The first-order chi connectivity index (χ1) is 8.56. The van der Waals surface area contributed by atoms with Crippen molar-refractivity contribution in [1.82, 2.24) is 4.90 Å². The molecule has 1 aliphatic rings. The van der Waals surface area contributed by atoms with E-state index in [2.05, 4.69) is 4.90 Å². The van der Waals surface area contributed by atoms with Gasteiger partial charge < -0.3 is 15.6 Å². The Bertz CT molecular complexity index is 430. The first-order valence-corrected chi connectivity index (χ1v) is 5.97. The summed E-state index contributed by atoms with van der Waals surface area (Å²) in [5.74, 6) is -0.250. The van der Waals surface area contributed by atoms with Crippen LogP contribution < -0.4 is 10.5 Å². The predicted molar refractivity (Wildman–Crippen MR) is 67.7 cm³/mol. The summed E-state index contributed by atoms with van der Waals surface area (Å²) in [5.41, 5.74) is 6.40. The van der Waals surface area contributed by atoms with Crippen molar-refractivity contribution < 1.29 is 14.6 Å². The number of hydrogen-bond acceptors (Lipinski definition) is 4. The summed E-state index contributed by atoms with van der Waals surface area (Å²) >= 11 is 0. The Labute approximate surface area is 106 Å². The number of nitrogens with two attached hydrogens (primary N) is 1. The standard InChI is InChI=1S/C13H18N2O3/c1-15-7-10(8-15)18-12-5-3-2-4-9(12)6-11(14)13(16)17/h2-5,10-11H,6-8,14H2,1H3,(H,16,17). The highest BCUT2D eigenvalue weighted by molar-refractivity contribution is 5.73. The number of rotatable bonds is 5. The van der Waals surface area contributed by atoms with Crippen LogP contribution in [-0.2, 0) is 11.2 Å². The van der Waals surface area contributed by atoms with Gasteiger partial charge in [0.1, 0.15) is 17.9 Å². The zero-order valence-corrected chi connectivity index (χ0v) is 10.4. The summed E-state index contributed by atoms with van der Waals surface area (Å²) in [6, 6.07) is 6.58. The molecule has 1 aromatic rings. The van der Waals surface area contributed by atoms with Gasteiger partial charge in [-0.3, -0.25) is 9.69 Å². The maximum Gasteiger partial charge on any atom is 0.320 e. The van der Waals surface area contributed by atoms with Crippen LogP contribution in [0.5, 0.6) is 5.75 Å². The van der Waals surface area contributed by atoms with Gasteiger partial charge >= 0.3 is 5.97 Å². The van der Waals surface area contributed by atoms with Crippen molar-refractivity contribution in [2.24, 2.45) is 5.73 Å². The van der Waals surface area contributed by atoms with E-state index < -0.39 is 12.0 Å². The lowest BCUT2D eigenvalue weighted by Gasteiger charge is -2.36. The molecule has 0 saturated carbocycles. The summed E-state index contributed by atoms with van der Waals surface area (Å²) in [6.45, 7) is 1.80. The molecule has 1 heterocycles. The molecule has 0 aromatic heterocycles. The van der Waals surface area contributed by atoms with Gasteiger partial charge in [0.15, 0.2) is 0 Å². The van der Waals surface area contributed by atoms with E-state index in [9.17, 15) is 4.79 Å². The van der Waals surface area contributed by atoms with Gasteiger partial charge in [-0.25, -0.2) is 0 Å². The maximum atomic E-state index is 10.8. The molecule has 0 bridgehead atoms. The number of carboxylic acids is 1. The second-order valence-corrected chi connectivity index (χ2v) is 4.72. The van der Waals surface area contributed by atoms with Crippen molar-refractivity contribution >= 4 is 5.97 Å². The molecule has 0 aliphatic carbocycles. The normalized spacial score (nSPS) is 18.1. The van der Waals surface area contributed by atoms with Crippen molar-refractivity contribution in [2.45, 2.75) is 18.6 Å². The van der Waals surface area contributed by atoms with Crippen LogP contribution in [0, 0.1) is 0 Å². The van der Waals surface area contributed by atoms with Crippen LogP contribution in [-0.4, -0.2) is 48.3 Å². The lowest BCUT2D eigenvalue weighted by atomic mass is 10.1. The van der Waals surface area contributed by atoms with Gasteiger partial charge in [-0.05, 0) is 18.7 Å². The third kappa shape index (κ3) is 3.00. The minimum atomic E-state index is -0.992. The number of aliphatic carboxylic acids is 1. The zero-order chi connectivity index (χ0) is 13.1. The number of carboxylic acid groups (broad SMARTS) is 1. The van der Waals surface area contributed by atoms with E-state index in [1.807, 2.05) is 31.3 Å². The highest BCUT2D eigenvalue weighted by atomic mass is 16.5. The Morgan fingerprint density at radius 3 is 2.83 bits per heavy atom. The van der Waals surface area contributed by atoms with Crippen LogP contribution in [0.2, 0.25) is 0 Å². The minimum Gasteiger partial charge on any atom is -0.487 e. The SMILES string of the molecule is CN1CC(Oc2ccccc2CC(N)C(=O)O)C1. The molecular formula is C13H18N2O3. The third-order valence-corrected chi connectivity index (χ3v) is 3.05. The van der Waals surface area contributed by atoms with Crippen molar-refractivity contribution in [2.75, 3.05) is 20.1 Å². The van der Waals surface area contributed by atoms with E-state index in [1.165, 1.54) is 0 Å². The second kappa shape index (κ2) is 5.37. The van der Waals surface area contributed by atoms with Crippen LogP contribution in [0.3, 0.4) is 0 Å². The third-order valence-electron chi connectivity index (χ3n) is 3.05. The van der Waals surface area contributed by atoms with Crippen molar-refractivity contribution in [1.29, 1.82) is 0 Å². The number of likely N-dealkylation sites (N-methyl/N-ethyl adjacent to an activating group) is 1. The van der Waals surface area contributed by atoms with Crippen LogP contribution in [0.25, 0.3) is 0 Å². The quantitative estimate of drug-likeness (QED) is 0.788. The van der Waals surface area contributed by atoms with E-state index in [4.69, 9.17) is 15.6 Å². The number of para-hydroxylation sites is 1. The molecule has 0 amide bonds. The number of likely N-dealkylation sites (tertiary alicyclic amines) is 1. The Balaban J connectivity index is 2.03. The maximum absolute atomic E-state index is 10.8. The molecule has 0 radical (unpaired) electrons. The van der Waals surface area contributed by atoms with Gasteiger partial charge in [-0.15, -0.1) is 0 Å². The zero-order valence-electron chi connectivity index (χ0n) is 10.4. The van der Waals surface area contributed by atoms with Crippen molar-refractivity contribution in [3.63, 3.8) is 0 Å². The number of carbonyl (C=O) groups is 1. The molecule has 2 rings (SSSR count). The minimum absolute atomic E-state index is 0.192. The van der Waals surface area contributed by atoms with E-state index in [-0.39, 0.29) is 12.5 Å². The van der Waals surface area contributed by atoms with Gasteiger partial charge in [-0.2, -0.15) is 0 Å². The average molecular weight is 250 g/mol. The van der Waals surface area contributed by atoms with Gasteiger partial charge in [0.25, 0.3) is 0 Å². The Hall–Kier alpha value is -1.59. The van der Waals surface area contributed by atoms with E-state index in [0.717, 1.165) is 24.4 Å². The molecular weight excluding hydrogens is 232 g/mol. The smallest absolute Gasteiger partial charge is 0.320 e. The molecule has 18 heavy (non-hydrogen) atoms. The Morgan fingerprint density at radius 2 is 2.22 bits per heavy atom. The first kappa shape index (κ1) is 12.9. The highest BCUT2D eigenvalue weighted by Gasteiger charge is 2.26. The Morgan fingerprint density at radius 1 is 1.56 bits per heavy atom. The molecule has 1 saturated heterocycles. The van der Waals surface area contributed by atoms with E-state index in [1.54, 1.807) is 0 Å². The molecule has 1 atom stereocenters. The fourth-order valence-electron chi connectivity index (χ4n) is 2.01. The Kier molecular flexibility index (Phi) is 3.84. The van der Waals surface area contributed by atoms with Gasteiger partial charge in [0.05, 0.1) is 0 Å². The molecule has 1 unspecified atom stereocenters. The summed E-state index contributed by atoms with van der Waals surface area (Å²) < 4.78 is 5.84. The lowest BCUT2D eigenvalue weighted by Crippen LogP contribution is -2.51. The molecule has 98 valence electrons. The number of ether oxygens (including phenoxy) is 1. The average Bonchev–Trinajstić information content (AvgIpc) is 2.29. The van der Waals surface area contributed by atoms with Crippen LogP contribution in [0.1, 0.15) is 5.56 Å². The second-order valence-electron chi connectivity index (χ2n) is 4.72.